The number of nitrogens with zero attached hydrogens (tertiary/aromatic N) is 3. The fraction of sp³-hybridized carbons (Fsp3) is 0.294. The Morgan fingerprint density at radius 2 is 2.16 bits per heavy atom. The van der Waals surface area contributed by atoms with Crippen LogP contribution < -0.4 is 10.6 Å². The molecule has 7 nitrogen and oxygen atoms in total. The second kappa shape index (κ2) is 7.48. The Hall–Kier alpha value is -2.67. The Kier molecular flexibility index (Phi) is 5.58. The lowest BCUT2D eigenvalue weighted by Gasteiger charge is -2.30. The van der Waals surface area contributed by atoms with Crippen LogP contribution in [0.4, 0.5) is 5.82 Å². The van der Waals surface area contributed by atoms with Crippen molar-refractivity contribution >= 4 is 29.6 Å². The third kappa shape index (κ3) is 4.24. The Labute approximate surface area is 151 Å². The molecule has 1 aromatic heterocycles. The van der Waals surface area contributed by atoms with E-state index >= 15 is 0 Å². The number of nitrogens with one attached hydrogen (secondary N) is 2. The molecule has 0 saturated carbocycles. The van der Waals surface area contributed by atoms with Gasteiger partial charge in [-0.15, -0.1) is 0 Å². The molecule has 1 aliphatic heterocycles. The third-order valence-corrected chi connectivity index (χ3v) is 3.96. The first kappa shape index (κ1) is 18.7. The van der Waals surface area contributed by atoms with Gasteiger partial charge in [0.15, 0.2) is 6.29 Å². The summed E-state index contributed by atoms with van der Waals surface area (Å²) in [4.78, 5) is 33.2. The van der Waals surface area contributed by atoms with Crippen molar-refractivity contribution in [1.82, 2.24) is 20.2 Å². The molecule has 1 saturated heterocycles. The SMILES string of the molecule is CC(C)=CC1(C)NC(=O)/C(=C(Cl)/C=C(\C=O)Nc2ccncn2)N1C. The Morgan fingerprint density at radius 3 is 2.72 bits per heavy atom. The first-order valence-electron chi connectivity index (χ1n) is 7.59. The molecule has 0 radical (unpaired) electrons. The summed E-state index contributed by atoms with van der Waals surface area (Å²) in [5.41, 5.74) is 0.834. The van der Waals surface area contributed by atoms with Gasteiger partial charge in [0, 0.05) is 13.2 Å². The number of halogens is 1. The lowest BCUT2D eigenvalue weighted by molar-refractivity contribution is -0.116. The summed E-state index contributed by atoms with van der Waals surface area (Å²) >= 11 is 6.33. The van der Waals surface area contributed by atoms with E-state index in [1.54, 1.807) is 24.2 Å². The van der Waals surface area contributed by atoms with Gasteiger partial charge in [0.25, 0.3) is 5.91 Å². The van der Waals surface area contributed by atoms with Gasteiger partial charge >= 0.3 is 0 Å². The summed E-state index contributed by atoms with van der Waals surface area (Å²) in [7, 11) is 1.77. The van der Waals surface area contributed by atoms with Crippen LogP contribution >= 0.6 is 11.6 Å². The van der Waals surface area contributed by atoms with Gasteiger partial charge in [-0.25, -0.2) is 9.97 Å². The number of likely N-dealkylation sites (N-methyl/N-ethyl adjacent to an activating group) is 1. The maximum atomic E-state index is 12.4. The maximum absolute atomic E-state index is 12.4. The number of hydrogen-bond acceptors (Lipinski definition) is 6. The molecular formula is C17H20ClN5O2. The van der Waals surface area contributed by atoms with Crippen molar-refractivity contribution in [2.24, 2.45) is 0 Å². The number of hydrogen-bond donors (Lipinski definition) is 2. The minimum atomic E-state index is -0.680. The average Bonchev–Trinajstić information content (AvgIpc) is 2.75. The predicted molar refractivity (Wildman–Crippen MR) is 96.4 cm³/mol. The molecule has 1 aromatic rings. The molecule has 2 N–H and O–H groups in total. The van der Waals surface area contributed by atoms with Crippen LogP contribution in [0.3, 0.4) is 0 Å². The van der Waals surface area contributed by atoms with E-state index in [0.29, 0.717) is 12.1 Å². The number of allylic oxidation sites excluding steroid dienone is 4. The smallest absolute Gasteiger partial charge is 0.271 e. The quantitative estimate of drug-likeness (QED) is 0.475. The molecular weight excluding hydrogens is 342 g/mol. The molecule has 2 rings (SSSR count). The zero-order valence-corrected chi connectivity index (χ0v) is 15.3. The molecule has 0 bridgehead atoms. The van der Waals surface area contributed by atoms with Gasteiger partial charge in [0.2, 0.25) is 0 Å². The van der Waals surface area contributed by atoms with Gasteiger partial charge < -0.3 is 15.5 Å². The number of carbonyl (C=O) groups is 2. The number of anilines is 1. The summed E-state index contributed by atoms with van der Waals surface area (Å²) < 4.78 is 0. The second-order valence-corrected chi connectivity index (χ2v) is 6.42. The number of rotatable bonds is 5. The highest BCUT2D eigenvalue weighted by Crippen LogP contribution is 2.30. The summed E-state index contributed by atoms with van der Waals surface area (Å²) in [5.74, 6) is 0.137. The van der Waals surface area contributed by atoms with E-state index in [4.69, 9.17) is 11.6 Å². The van der Waals surface area contributed by atoms with E-state index in [2.05, 4.69) is 20.6 Å². The van der Waals surface area contributed by atoms with Crippen LogP contribution in [0, 0.1) is 0 Å². The zero-order chi connectivity index (χ0) is 18.6. The largest absolute Gasteiger partial charge is 0.343 e. The van der Waals surface area contributed by atoms with Crippen LogP contribution in [0.15, 0.2) is 52.7 Å². The monoisotopic (exact) mass is 361 g/mol. The summed E-state index contributed by atoms with van der Waals surface area (Å²) in [5, 5.41) is 5.87. The normalized spacial score (nSPS) is 22.4. The predicted octanol–water partition coefficient (Wildman–Crippen LogP) is 2.17. The van der Waals surface area contributed by atoms with Gasteiger partial charge in [-0.3, -0.25) is 9.59 Å². The van der Waals surface area contributed by atoms with Crippen molar-refractivity contribution in [2.75, 3.05) is 12.4 Å². The summed E-state index contributed by atoms with van der Waals surface area (Å²) in [6, 6.07) is 1.61. The molecule has 1 aliphatic rings. The molecule has 0 aromatic carbocycles. The topological polar surface area (TPSA) is 87.2 Å². The molecule has 1 amide bonds. The van der Waals surface area contributed by atoms with E-state index < -0.39 is 5.66 Å². The van der Waals surface area contributed by atoms with Crippen LogP contribution in [0.1, 0.15) is 20.8 Å². The van der Waals surface area contributed by atoms with E-state index in [1.165, 1.54) is 12.4 Å². The number of aldehydes is 1. The molecule has 2 heterocycles. The number of amides is 1. The standard InChI is InChI=1S/C17H20ClN5O2/c1-11(2)8-17(3)22-16(25)15(23(17)4)13(18)7-12(9-24)21-14-5-6-19-10-20-14/h5-10H,1-4H3,(H,22,25)(H,19,20,21)/b12-7+,15-13+. The Morgan fingerprint density at radius 1 is 1.44 bits per heavy atom. The average molecular weight is 362 g/mol. The highest BCUT2D eigenvalue weighted by Gasteiger charge is 2.41. The Bertz CT molecular complexity index is 769. The van der Waals surface area contributed by atoms with E-state index in [0.717, 1.165) is 5.57 Å². The zero-order valence-electron chi connectivity index (χ0n) is 14.5. The third-order valence-electron chi connectivity index (χ3n) is 3.67. The highest BCUT2D eigenvalue weighted by atomic mass is 35.5. The molecule has 1 atom stereocenters. The van der Waals surface area contributed by atoms with Crippen LogP contribution in [-0.4, -0.2) is 39.8 Å². The lowest BCUT2D eigenvalue weighted by Crippen LogP contribution is -2.45. The minimum Gasteiger partial charge on any atom is -0.343 e. The van der Waals surface area contributed by atoms with E-state index in [1.807, 2.05) is 26.8 Å². The van der Waals surface area contributed by atoms with Gasteiger partial charge in [0.05, 0.1) is 10.7 Å². The number of carbonyl (C=O) groups excluding carboxylic acids is 2. The van der Waals surface area contributed by atoms with Gasteiger partial charge in [-0.1, -0.05) is 17.2 Å². The van der Waals surface area contributed by atoms with Gasteiger partial charge in [-0.2, -0.15) is 0 Å². The first-order chi connectivity index (χ1) is 11.8. The first-order valence-corrected chi connectivity index (χ1v) is 7.96. The molecule has 1 unspecified atom stereocenters. The molecule has 0 aliphatic carbocycles. The molecule has 132 valence electrons. The van der Waals surface area contributed by atoms with Crippen molar-refractivity contribution < 1.29 is 9.59 Å². The van der Waals surface area contributed by atoms with Crippen molar-refractivity contribution in [3.05, 3.63) is 52.7 Å². The molecule has 8 heteroatoms. The highest BCUT2D eigenvalue weighted by molar-refractivity contribution is 6.33. The summed E-state index contributed by atoms with van der Waals surface area (Å²) in [6.45, 7) is 5.77. The number of aromatic nitrogens is 2. The van der Waals surface area contributed by atoms with Gasteiger partial charge in [-0.05, 0) is 39.0 Å². The molecule has 25 heavy (non-hydrogen) atoms. The van der Waals surface area contributed by atoms with E-state index in [9.17, 15) is 9.59 Å². The van der Waals surface area contributed by atoms with Crippen LogP contribution in [-0.2, 0) is 9.59 Å². The minimum absolute atomic E-state index is 0.148. The van der Waals surface area contributed by atoms with Crippen molar-refractivity contribution in [3.8, 4) is 0 Å². The van der Waals surface area contributed by atoms with E-state index in [-0.39, 0.29) is 22.3 Å². The second-order valence-electron chi connectivity index (χ2n) is 6.02. The van der Waals surface area contributed by atoms with Crippen LogP contribution in [0.2, 0.25) is 0 Å². The maximum Gasteiger partial charge on any atom is 0.271 e. The van der Waals surface area contributed by atoms with Gasteiger partial charge in [0.1, 0.15) is 23.5 Å². The lowest BCUT2D eigenvalue weighted by atomic mass is 10.1. The van der Waals surface area contributed by atoms with Crippen LogP contribution in [0.25, 0.3) is 0 Å². The fourth-order valence-corrected chi connectivity index (χ4v) is 2.87. The Balaban J connectivity index is 2.35. The molecule has 1 fully saturated rings. The van der Waals surface area contributed by atoms with Crippen LogP contribution in [0.5, 0.6) is 0 Å². The summed E-state index contributed by atoms with van der Waals surface area (Å²) in [6.07, 6.45) is 6.84. The van der Waals surface area contributed by atoms with Crippen molar-refractivity contribution in [1.29, 1.82) is 0 Å². The van der Waals surface area contributed by atoms with Crippen molar-refractivity contribution in [2.45, 2.75) is 26.4 Å². The fourth-order valence-electron chi connectivity index (χ4n) is 2.54. The molecule has 0 spiro atoms. The van der Waals surface area contributed by atoms with Crippen molar-refractivity contribution in [3.63, 3.8) is 0 Å².